The number of nitrogens with zero attached hydrogens (tertiary/aromatic N) is 3. The molecule has 1 atom stereocenters. The van der Waals surface area contributed by atoms with Crippen molar-refractivity contribution in [3.05, 3.63) is 40.0 Å². The molecule has 0 aromatic carbocycles. The molecular weight excluding hydrogens is 264 g/mol. The lowest BCUT2D eigenvalue weighted by molar-refractivity contribution is -0.136. The summed E-state index contributed by atoms with van der Waals surface area (Å²) in [6.07, 6.45) is 1.47. The van der Waals surface area contributed by atoms with E-state index in [9.17, 15) is 4.79 Å². The fourth-order valence-corrected chi connectivity index (χ4v) is 2.88. The van der Waals surface area contributed by atoms with Crippen LogP contribution in [-0.2, 0) is 9.53 Å². The van der Waals surface area contributed by atoms with Crippen LogP contribution in [-0.4, -0.2) is 27.8 Å². The molecule has 98 valence electrons. The van der Waals surface area contributed by atoms with Crippen molar-refractivity contribution in [3.63, 3.8) is 0 Å². The summed E-state index contributed by atoms with van der Waals surface area (Å²) in [5.74, 6) is 0.267. The van der Waals surface area contributed by atoms with Gasteiger partial charge in [-0.2, -0.15) is 21.4 Å². The number of anilines is 1. The monoisotopic (exact) mass is 276 g/mol. The van der Waals surface area contributed by atoms with E-state index in [0.29, 0.717) is 11.5 Å². The van der Waals surface area contributed by atoms with Gasteiger partial charge in [0.05, 0.1) is 12.7 Å². The first kappa shape index (κ1) is 11.9. The third kappa shape index (κ3) is 1.82. The van der Waals surface area contributed by atoms with Crippen LogP contribution < -0.4 is 5.32 Å². The molecule has 0 unspecified atom stereocenters. The molecule has 6 nitrogen and oxygen atoms in total. The maximum absolute atomic E-state index is 12.0. The first-order valence-electron chi connectivity index (χ1n) is 5.70. The molecule has 2 aromatic heterocycles. The molecule has 0 aliphatic carbocycles. The summed E-state index contributed by atoms with van der Waals surface area (Å²) in [6.45, 7) is 1.84. The van der Waals surface area contributed by atoms with Gasteiger partial charge < -0.3 is 10.1 Å². The molecule has 1 N–H and O–H groups in total. The van der Waals surface area contributed by atoms with Gasteiger partial charge in [0.15, 0.2) is 0 Å². The molecule has 0 bridgehead atoms. The van der Waals surface area contributed by atoms with E-state index < -0.39 is 0 Å². The van der Waals surface area contributed by atoms with Crippen LogP contribution in [0.4, 0.5) is 5.95 Å². The minimum atomic E-state index is -0.359. The Bertz CT molecular complexity index is 644. The fraction of sp³-hybridized carbons (Fsp3) is 0.250. The number of methoxy groups -OCH3 is 1. The standard InChI is InChI=1S/C12H12N4O2S/c1-7-9(11(17)18-2)10(8-3-4-19-5-8)16-12(15-7)13-6-14-16/h3-6,10H,1-2H3,(H,13,14,15)/t10-/m0/s1. The maximum Gasteiger partial charge on any atom is 0.338 e. The van der Waals surface area contributed by atoms with Crippen molar-refractivity contribution in [1.29, 1.82) is 0 Å². The number of carbonyl (C=O) groups excluding carboxylic acids is 1. The van der Waals surface area contributed by atoms with Crippen LogP contribution in [0.2, 0.25) is 0 Å². The summed E-state index contributed by atoms with van der Waals surface area (Å²) in [7, 11) is 1.38. The van der Waals surface area contributed by atoms with Gasteiger partial charge in [-0.1, -0.05) is 0 Å². The lowest BCUT2D eigenvalue weighted by Crippen LogP contribution is -2.29. The van der Waals surface area contributed by atoms with Crippen LogP contribution in [0.3, 0.4) is 0 Å². The van der Waals surface area contributed by atoms with Gasteiger partial charge in [-0.15, -0.1) is 0 Å². The Balaban J connectivity index is 2.18. The second-order valence-electron chi connectivity index (χ2n) is 4.14. The van der Waals surface area contributed by atoms with E-state index in [-0.39, 0.29) is 12.0 Å². The predicted molar refractivity (Wildman–Crippen MR) is 70.8 cm³/mol. The number of thiophene rings is 1. The Morgan fingerprint density at radius 3 is 3.11 bits per heavy atom. The first-order chi connectivity index (χ1) is 9.22. The Morgan fingerprint density at radius 2 is 2.42 bits per heavy atom. The summed E-state index contributed by atoms with van der Waals surface area (Å²) < 4.78 is 6.58. The third-order valence-corrected chi connectivity index (χ3v) is 3.76. The number of nitrogens with one attached hydrogen (secondary N) is 1. The Labute approximate surface area is 113 Å². The van der Waals surface area contributed by atoms with E-state index in [2.05, 4.69) is 15.4 Å². The van der Waals surface area contributed by atoms with Crippen LogP contribution in [0.1, 0.15) is 18.5 Å². The third-order valence-electron chi connectivity index (χ3n) is 3.06. The Hall–Kier alpha value is -2.15. The molecule has 1 aliphatic rings. The molecule has 19 heavy (non-hydrogen) atoms. The molecule has 0 radical (unpaired) electrons. The molecule has 3 heterocycles. The molecule has 3 rings (SSSR count). The van der Waals surface area contributed by atoms with Gasteiger partial charge in [-0.3, -0.25) is 0 Å². The smallest absolute Gasteiger partial charge is 0.338 e. The van der Waals surface area contributed by atoms with Gasteiger partial charge in [0, 0.05) is 5.70 Å². The second kappa shape index (κ2) is 4.51. The fourth-order valence-electron chi connectivity index (χ4n) is 2.20. The zero-order chi connectivity index (χ0) is 13.4. The Morgan fingerprint density at radius 1 is 1.58 bits per heavy atom. The number of rotatable bonds is 2. The molecule has 0 saturated heterocycles. The number of ether oxygens (including phenoxy) is 1. The van der Waals surface area contributed by atoms with Crippen molar-refractivity contribution < 1.29 is 9.53 Å². The molecule has 2 aromatic rings. The minimum Gasteiger partial charge on any atom is -0.466 e. The van der Waals surface area contributed by atoms with Crippen molar-refractivity contribution in [1.82, 2.24) is 14.8 Å². The van der Waals surface area contributed by atoms with E-state index in [4.69, 9.17) is 4.74 Å². The average molecular weight is 276 g/mol. The van der Waals surface area contributed by atoms with Crippen molar-refractivity contribution in [2.45, 2.75) is 13.0 Å². The zero-order valence-electron chi connectivity index (χ0n) is 10.5. The lowest BCUT2D eigenvalue weighted by atomic mass is 9.98. The Kier molecular flexibility index (Phi) is 2.83. The number of fused-ring (bicyclic) bond motifs is 1. The lowest BCUT2D eigenvalue weighted by Gasteiger charge is -2.27. The number of carbonyl (C=O) groups is 1. The molecule has 0 saturated carbocycles. The van der Waals surface area contributed by atoms with Crippen LogP contribution in [0, 0.1) is 0 Å². The highest BCUT2D eigenvalue weighted by Crippen LogP contribution is 2.35. The van der Waals surface area contributed by atoms with Gasteiger partial charge in [0.1, 0.15) is 12.4 Å². The quantitative estimate of drug-likeness (QED) is 0.847. The van der Waals surface area contributed by atoms with Crippen molar-refractivity contribution in [2.75, 3.05) is 12.4 Å². The molecular formula is C12H12N4O2S. The molecule has 0 fully saturated rings. The number of aromatic nitrogens is 3. The van der Waals surface area contributed by atoms with E-state index in [1.54, 1.807) is 16.0 Å². The van der Waals surface area contributed by atoms with Gasteiger partial charge in [-0.05, 0) is 29.3 Å². The summed E-state index contributed by atoms with van der Waals surface area (Å²) in [5.41, 5.74) is 2.29. The van der Waals surface area contributed by atoms with E-state index >= 15 is 0 Å². The van der Waals surface area contributed by atoms with Gasteiger partial charge in [0.25, 0.3) is 0 Å². The summed E-state index contributed by atoms with van der Waals surface area (Å²) >= 11 is 1.58. The molecule has 0 amide bonds. The van der Waals surface area contributed by atoms with Crippen molar-refractivity contribution in [2.24, 2.45) is 0 Å². The van der Waals surface area contributed by atoms with Crippen molar-refractivity contribution in [3.8, 4) is 0 Å². The molecule has 7 heteroatoms. The van der Waals surface area contributed by atoms with Crippen molar-refractivity contribution >= 4 is 23.3 Å². The van der Waals surface area contributed by atoms with Crippen LogP contribution >= 0.6 is 11.3 Å². The van der Waals surface area contributed by atoms with E-state index in [1.807, 2.05) is 23.8 Å². The SMILES string of the molecule is COC(=O)C1=C(C)Nc2ncnn2[C@H]1c1ccsc1. The average Bonchev–Trinajstić information content (AvgIpc) is 3.06. The van der Waals surface area contributed by atoms with E-state index in [1.165, 1.54) is 13.4 Å². The summed E-state index contributed by atoms with van der Waals surface area (Å²) in [6, 6.07) is 1.68. The number of esters is 1. The number of hydrogen-bond donors (Lipinski definition) is 1. The van der Waals surface area contributed by atoms with E-state index in [0.717, 1.165) is 11.3 Å². The minimum absolute atomic E-state index is 0.294. The van der Waals surface area contributed by atoms with Crippen LogP contribution in [0.15, 0.2) is 34.4 Å². The maximum atomic E-state index is 12.0. The van der Waals surface area contributed by atoms with Gasteiger partial charge in [0.2, 0.25) is 5.95 Å². The molecule has 0 spiro atoms. The second-order valence-corrected chi connectivity index (χ2v) is 4.92. The summed E-state index contributed by atoms with van der Waals surface area (Å²) in [4.78, 5) is 16.2. The van der Waals surface area contributed by atoms with Crippen LogP contribution in [0.25, 0.3) is 0 Å². The van der Waals surface area contributed by atoms with Gasteiger partial charge in [-0.25, -0.2) is 9.48 Å². The highest BCUT2D eigenvalue weighted by atomic mass is 32.1. The number of hydrogen-bond acceptors (Lipinski definition) is 6. The highest BCUT2D eigenvalue weighted by Gasteiger charge is 2.33. The zero-order valence-corrected chi connectivity index (χ0v) is 11.3. The topological polar surface area (TPSA) is 69.0 Å². The highest BCUT2D eigenvalue weighted by molar-refractivity contribution is 7.08. The number of allylic oxidation sites excluding steroid dienone is 1. The normalized spacial score (nSPS) is 17.9. The van der Waals surface area contributed by atoms with Crippen LogP contribution in [0.5, 0.6) is 0 Å². The predicted octanol–water partition coefficient (Wildman–Crippen LogP) is 1.80. The van der Waals surface area contributed by atoms with Gasteiger partial charge >= 0.3 is 5.97 Å². The largest absolute Gasteiger partial charge is 0.466 e. The molecule has 1 aliphatic heterocycles. The first-order valence-corrected chi connectivity index (χ1v) is 6.64. The summed E-state index contributed by atoms with van der Waals surface area (Å²) in [5, 5.41) is 11.2.